The Morgan fingerprint density at radius 1 is 1.00 bits per heavy atom. The highest BCUT2D eigenvalue weighted by atomic mass is 79.9. The van der Waals surface area contributed by atoms with Crippen LogP contribution >= 0.6 is 27.5 Å². The maximum Gasteiger partial charge on any atom is 0.256 e. The van der Waals surface area contributed by atoms with Crippen molar-refractivity contribution in [3.8, 4) is 11.3 Å². The van der Waals surface area contributed by atoms with Crippen molar-refractivity contribution >= 4 is 50.0 Å². The molecule has 0 bridgehead atoms. The molecule has 4 aromatic rings. The molecule has 1 heterocycles. The number of carbonyl (C=O) groups excluding carboxylic acids is 1. The van der Waals surface area contributed by atoms with Gasteiger partial charge in [0.05, 0.1) is 22.5 Å². The maximum absolute atomic E-state index is 14.1. The molecule has 0 unspecified atom stereocenters. The van der Waals surface area contributed by atoms with Gasteiger partial charge in [-0.3, -0.25) is 4.79 Å². The minimum Gasteiger partial charge on any atom is -0.319 e. The van der Waals surface area contributed by atoms with Gasteiger partial charge in [-0.15, -0.1) is 0 Å². The molecule has 0 atom stereocenters. The van der Waals surface area contributed by atoms with E-state index in [1.807, 2.05) is 48.5 Å². The van der Waals surface area contributed by atoms with E-state index in [9.17, 15) is 9.18 Å². The van der Waals surface area contributed by atoms with Crippen LogP contribution in [0.2, 0.25) is 5.02 Å². The highest BCUT2D eigenvalue weighted by Gasteiger charge is 2.15. The number of pyridine rings is 1. The molecular weight excluding hydrogens is 443 g/mol. The molecule has 0 radical (unpaired) electrons. The van der Waals surface area contributed by atoms with E-state index < -0.39 is 11.7 Å². The molecule has 0 aliphatic heterocycles. The summed E-state index contributed by atoms with van der Waals surface area (Å²) in [6.07, 6.45) is 0. The Kier molecular flexibility index (Phi) is 5.11. The van der Waals surface area contributed by atoms with Crippen LogP contribution in [-0.4, -0.2) is 10.9 Å². The summed E-state index contributed by atoms with van der Waals surface area (Å²) < 4.78 is 15.1. The number of nitrogens with zero attached hydrogens (tertiary/aromatic N) is 1. The molecule has 0 saturated heterocycles. The van der Waals surface area contributed by atoms with Crippen molar-refractivity contribution in [2.24, 2.45) is 0 Å². The minimum absolute atomic E-state index is 0.0699. The number of fused-ring (bicyclic) bond motifs is 1. The summed E-state index contributed by atoms with van der Waals surface area (Å²) in [7, 11) is 0. The van der Waals surface area contributed by atoms with Crippen LogP contribution in [0.15, 0.2) is 77.3 Å². The SMILES string of the molecule is O=C(Nc1ccc(Cl)cc1F)c1cc(-c2ccc(Br)cc2)nc2ccccc12. The first-order valence-electron chi connectivity index (χ1n) is 8.43. The lowest BCUT2D eigenvalue weighted by Crippen LogP contribution is -2.14. The Morgan fingerprint density at radius 2 is 1.75 bits per heavy atom. The minimum atomic E-state index is -0.590. The van der Waals surface area contributed by atoms with Crippen molar-refractivity contribution < 1.29 is 9.18 Å². The van der Waals surface area contributed by atoms with Gasteiger partial charge in [-0.1, -0.05) is 57.9 Å². The molecule has 3 aromatic carbocycles. The zero-order valence-corrected chi connectivity index (χ0v) is 16.8. The number of para-hydroxylation sites is 1. The van der Waals surface area contributed by atoms with Crippen LogP contribution in [0, 0.1) is 5.82 Å². The first-order valence-corrected chi connectivity index (χ1v) is 9.60. The summed E-state index contributed by atoms with van der Waals surface area (Å²) in [5, 5.41) is 3.58. The largest absolute Gasteiger partial charge is 0.319 e. The molecular formula is C22H13BrClFN2O. The Balaban J connectivity index is 1.80. The number of hydrogen-bond donors (Lipinski definition) is 1. The third-order valence-corrected chi connectivity index (χ3v) is 5.04. The topological polar surface area (TPSA) is 42.0 Å². The molecule has 0 aliphatic rings. The summed E-state index contributed by atoms with van der Waals surface area (Å²) in [5.41, 5.74) is 2.71. The van der Waals surface area contributed by atoms with Gasteiger partial charge in [0, 0.05) is 20.4 Å². The van der Waals surface area contributed by atoms with Gasteiger partial charge in [-0.25, -0.2) is 9.37 Å². The van der Waals surface area contributed by atoms with Crippen molar-refractivity contribution in [1.29, 1.82) is 0 Å². The molecule has 0 fully saturated rings. The lowest BCUT2D eigenvalue weighted by molar-refractivity contribution is 0.102. The monoisotopic (exact) mass is 454 g/mol. The molecule has 1 amide bonds. The van der Waals surface area contributed by atoms with E-state index >= 15 is 0 Å². The second-order valence-corrected chi connectivity index (χ2v) is 7.51. The summed E-state index contributed by atoms with van der Waals surface area (Å²) in [6, 6.07) is 20.9. The number of amides is 1. The Bertz CT molecular complexity index is 1200. The average Bonchev–Trinajstić information content (AvgIpc) is 2.69. The summed E-state index contributed by atoms with van der Waals surface area (Å²) >= 11 is 9.20. The smallest absolute Gasteiger partial charge is 0.256 e. The predicted molar refractivity (Wildman–Crippen MR) is 114 cm³/mol. The van der Waals surface area contributed by atoms with Crippen LogP contribution in [0.5, 0.6) is 0 Å². The van der Waals surface area contributed by atoms with Crippen LogP contribution in [0.1, 0.15) is 10.4 Å². The van der Waals surface area contributed by atoms with Crippen molar-refractivity contribution in [1.82, 2.24) is 4.98 Å². The molecule has 4 rings (SSSR count). The van der Waals surface area contributed by atoms with E-state index in [0.29, 0.717) is 22.2 Å². The first-order chi connectivity index (χ1) is 13.5. The van der Waals surface area contributed by atoms with E-state index in [4.69, 9.17) is 11.6 Å². The van der Waals surface area contributed by atoms with Crippen molar-refractivity contribution in [3.05, 3.63) is 93.7 Å². The molecule has 0 saturated carbocycles. The molecule has 0 aliphatic carbocycles. The van der Waals surface area contributed by atoms with Crippen molar-refractivity contribution in [3.63, 3.8) is 0 Å². The second kappa shape index (κ2) is 7.70. The fourth-order valence-electron chi connectivity index (χ4n) is 2.91. The van der Waals surface area contributed by atoms with Gasteiger partial charge in [0.25, 0.3) is 5.91 Å². The van der Waals surface area contributed by atoms with Gasteiger partial charge < -0.3 is 5.32 Å². The van der Waals surface area contributed by atoms with Gasteiger partial charge >= 0.3 is 0 Å². The average molecular weight is 456 g/mol. The van der Waals surface area contributed by atoms with E-state index in [1.54, 1.807) is 6.07 Å². The Hall–Kier alpha value is -2.76. The standard InChI is InChI=1S/C22H13BrClFN2O/c23-14-7-5-13(6-8-14)21-12-17(16-3-1-2-4-19(16)26-21)22(28)27-20-10-9-15(24)11-18(20)25/h1-12H,(H,27,28). The van der Waals surface area contributed by atoms with Crippen LogP contribution in [-0.2, 0) is 0 Å². The highest BCUT2D eigenvalue weighted by molar-refractivity contribution is 9.10. The number of aromatic nitrogens is 1. The fourth-order valence-corrected chi connectivity index (χ4v) is 3.34. The predicted octanol–water partition coefficient (Wildman–Crippen LogP) is 6.71. The van der Waals surface area contributed by atoms with Gasteiger partial charge in [0.2, 0.25) is 0 Å². The van der Waals surface area contributed by atoms with Crippen molar-refractivity contribution in [2.45, 2.75) is 0 Å². The van der Waals surface area contributed by atoms with Crippen LogP contribution in [0.4, 0.5) is 10.1 Å². The number of carbonyl (C=O) groups is 1. The summed E-state index contributed by atoms with van der Waals surface area (Å²) in [5.74, 6) is -1.01. The number of nitrogens with one attached hydrogen (secondary N) is 1. The lowest BCUT2D eigenvalue weighted by Gasteiger charge is -2.11. The highest BCUT2D eigenvalue weighted by Crippen LogP contribution is 2.27. The quantitative estimate of drug-likeness (QED) is 0.373. The van der Waals surface area contributed by atoms with E-state index in [2.05, 4.69) is 26.2 Å². The maximum atomic E-state index is 14.1. The number of benzene rings is 3. The number of rotatable bonds is 3. The zero-order valence-electron chi connectivity index (χ0n) is 14.4. The van der Waals surface area contributed by atoms with E-state index in [-0.39, 0.29) is 10.7 Å². The van der Waals surface area contributed by atoms with Gasteiger partial charge in [-0.05, 0) is 42.5 Å². The fraction of sp³-hybridized carbons (Fsp3) is 0. The molecule has 1 aromatic heterocycles. The van der Waals surface area contributed by atoms with Crippen molar-refractivity contribution in [2.75, 3.05) is 5.32 Å². The molecule has 3 nitrogen and oxygen atoms in total. The second-order valence-electron chi connectivity index (χ2n) is 6.16. The molecule has 0 spiro atoms. The van der Waals surface area contributed by atoms with Gasteiger partial charge in [0.1, 0.15) is 5.82 Å². The molecule has 1 N–H and O–H groups in total. The molecule has 138 valence electrons. The Morgan fingerprint density at radius 3 is 2.50 bits per heavy atom. The first kappa shape index (κ1) is 18.6. The summed E-state index contributed by atoms with van der Waals surface area (Å²) in [6.45, 7) is 0. The van der Waals surface area contributed by atoms with E-state index in [0.717, 1.165) is 16.1 Å². The third kappa shape index (κ3) is 3.77. The normalized spacial score (nSPS) is 10.8. The summed E-state index contributed by atoms with van der Waals surface area (Å²) in [4.78, 5) is 17.6. The molecule has 6 heteroatoms. The number of anilines is 1. The number of halogens is 3. The third-order valence-electron chi connectivity index (χ3n) is 4.28. The lowest BCUT2D eigenvalue weighted by atomic mass is 10.0. The molecule has 28 heavy (non-hydrogen) atoms. The zero-order chi connectivity index (χ0) is 19.7. The van der Waals surface area contributed by atoms with E-state index in [1.165, 1.54) is 12.1 Å². The number of hydrogen-bond acceptors (Lipinski definition) is 2. The Labute approximate surface area is 174 Å². The van der Waals surface area contributed by atoms with Crippen LogP contribution in [0.3, 0.4) is 0 Å². The van der Waals surface area contributed by atoms with Gasteiger partial charge in [0.15, 0.2) is 0 Å². The van der Waals surface area contributed by atoms with Gasteiger partial charge in [-0.2, -0.15) is 0 Å². The van der Waals surface area contributed by atoms with Crippen LogP contribution in [0.25, 0.3) is 22.2 Å². The van der Waals surface area contributed by atoms with Crippen LogP contribution < -0.4 is 5.32 Å².